The molecule has 0 saturated carbocycles. The number of hydrogen-bond donors (Lipinski definition) is 2. The molecule has 1 saturated heterocycles. The summed E-state index contributed by atoms with van der Waals surface area (Å²) in [4.78, 5) is 13.0. The summed E-state index contributed by atoms with van der Waals surface area (Å²) < 4.78 is 1.03. The third kappa shape index (κ3) is 5.34. The molecule has 19 heavy (non-hydrogen) atoms. The number of amides is 1. The summed E-state index contributed by atoms with van der Waals surface area (Å²) in [6.07, 6.45) is 1.66. The molecule has 0 aromatic heterocycles. The number of carbonyl (C=O) groups is 1. The van der Waals surface area contributed by atoms with Gasteiger partial charge >= 0.3 is 0 Å². The van der Waals surface area contributed by atoms with Crippen molar-refractivity contribution in [3.8, 4) is 0 Å². The van der Waals surface area contributed by atoms with Gasteiger partial charge in [0, 0.05) is 16.0 Å². The second-order valence-corrected chi connectivity index (χ2v) is 6.52. The summed E-state index contributed by atoms with van der Waals surface area (Å²) in [6, 6.07) is 7.76. The van der Waals surface area contributed by atoms with Crippen LogP contribution >= 0.6 is 27.7 Å². The number of halogens is 1. The van der Waals surface area contributed by atoms with Crippen molar-refractivity contribution in [1.82, 2.24) is 5.43 Å². The fraction of sp³-hybridized carbons (Fsp3) is 0.385. The van der Waals surface area contributed by atoms with Gasteiger partial charge in [0.05, 0.1) is 19.3 Å². The first kappa shape index (κ1) is 14.6. The molecule has 2 N–H and O–H groups in total. The van der Waals surface area contributed by atoms with Crippen molar-refractivity contribution in [3.63, 3.8) is 0 Å². The summed E-state index contributed by atoms with van der Waals surface area (Å²) in [6.45, 7) is 2.64. The molecule has 1 fully saturated rings. The van der Waals surface area contributed by atoms with Gasteiger partial charge in [-0.25, -0.2) is 5.43 Å². The number of hydrogen-bond acceptors (Lipinski definition) is 3. The molecule has 1 heterocycles. The molecule has 1 aromatic carbocycles. The number of rotatable bonds is 4. The number of carbonyl (C=O) groups excluding carboxylic acids is 1. The molecule has 2 rings (SSSR count). The average molecular weight is 343 g/mol. The smallest absolute Gasteiger partial charge is 0.295 e. The molecule has 6 heteroatoms. The van der Waals surface area contributed by atoms with Crippen molar-refractivity contribution in [2.45, 2.75) is 0 Å². The molecule has 1 aliphatic heterocycles. The molecule has 1 aromatic rings. The van der Waals surface area contributed by atoms with E-state index in [4.69, 9.17) is 0 Å². The summed E-state index contributed by atoms with van der Waals surface area (Å²) in [5.41, 5.74) is 3.55. The van der Waals surface area contributed by atoms with Crippen LogP contribution < -0.4 is 10.3 Å². The molecule has 1 amide bonds. The Morgan fingerprint density at radius 1 is 1.37 bits per heavy atom. The van der Waals surface area contributed by atoms with E-state index < -0.39 is 0 Å². The minimum absolute atomic E-state index is 0.0183. The predicted molar refractivity (Wildman–Crippen MR) is 82.8 cm³/mol. The normalized spacial score (nSPS) is 16.7. The van der Waals surface area contributed by atoms with E-state index in [1.54, 1.807) is 6.21 Å². The SMILES string of the molecule is O=C(C[NH+]1CCSCC1)N/N=C\c1ccc(Br)cc1. The number of nitrogens with zero attached hydrogens (tertiary/aromatic N) is 1. The fourth-order valence-corrected chi connectivity index (χ4v) is 3.17. The highest BCUT2D eigenvalue weighted by atomic mass is 79.9. The van der Waals surface area contributed by atoms with E-state index in [2.05, 4.69) is 26.5 Å². The lowest BCUT2D eigenvalue weighted by molar-refractivity contribution is -0.888. The Balaban J connectivity index is 1.74. The molecule has 102 valence electrons. The average Bonchev–Trinajstić information content (AvgIpc) is 2.42. The molecule has 0 unspecified atom stereocenters. The van der Waals surface area contributed by atoms with Gasteiger partial charge in [0.25, 0.3) is 5.91 Å². The third-order valence-corrected chi connectivity index (χ3v) is 4.40. The highest BCUT2D eigenvalue weighted by Crippen LogP contribution is 2.08. The van der Waals surface area contributed by atoms with Crippen LogP contribution in [0.25, 0.3) is 0 Å². The van der Waals surface area contributed by atoms with Crippen LogP contribution in [0.15, 0.2) is 33.8 Å². The van der Waals surface area contributed by atoms with Gasteiger partial charge < -0.3 is 4.90 Å². The maximum atomic E-state index is 11.7. The van der Waals surface area contributed by atoms with E-state index in [0.29, 0.717) is 6.54 Å². The van der Waals surface area contributed by atoms with Gasteiger partial charge in [-0.1, -0.05) is 28.1 Å². The van der Waals surface area contributed by atoms with E-state index in [-0.39, 0.29) is 5.91 Å². The lowest BCUT2D eigenvalue weighted by Gasteiger charge is -2.21. The van der Waals surface area contributed by atoms with E-state index in [9.17, 15) is 4.79 Å². The molecular formula is C13H17BrN3OS+. The highest BCUT2D eigenvalue weighted by Gasteiger charge is 2.16. The number of quaternary nitrogens is 1. The minimum atomic E-state index is -0.0183. The molecule has 0 atom stereocenters. The first-order valence-corrected chi connectivity index (χ1v) is 8.17. The summed E-state index contributed by atoms with van der Waals surface area (Å²) in [7, 11) is 0. The largest absolute Gasteiger partial charge is 0.326 e. The Morgan fingerprint density at radius 2 is 2.05 bits per heavy atom. The van der Waals surface area contributed by atoms with Gasteiger partial charge in [0.15, 0.2) is 6.54 Å². The maximum Gasteiger partial charge on any atom is 0.295 e. The Morgan fingerprint density at radius 3 is 2.74 bits per heavy atom. The van der Waals surface area contributed by atoms with Crippen molar-refractivity contribution in [3.05, 3.63) is 34.3 Å². The zero-order chi connectivity index (χ0) is 13.5. The molecule has 4 nitrogen and oxygen atoms in total. The summed E-state index contributed by atoms with van der Waals surface area (Å²) >= 11 is 5.33. The standard InChI is InChI=1S/C13H16BrN3OS/c14-12-3-1-11(2-4-12)9-15-16-13(18)10-17-5-7-19-8-6-17/h1-4,9H,5-8,10H2,(H,16,18)/p+1/b15-9-. The van der Waals surface area contributed by atoms with Crippen LogP contribution in [0, 0.1) is 0 Å². The Labute approximate surface area is 125 Å². The highest BCUT2D eigenvalue weighted by molar-refractivity contribution is 9.10. The fourth-order valence-electron chi connectivity index (χ4n) is 1.83. The Kier molecular flexibility index (Phi) is 5.88. The second-order valence-electron chi connectivity index (χ2n) is 4.38. The molecule has 0 spiro atoms. The monoisotopic (exact) mass is 342 g/mol. The zero-order valence-corrected chi connectivity index (χ0v) is 13.0. The number of hydrazone groups is 1. The number of benzene rings is 1. The first-order chi connectivity index (χ1) is 9.24. The molecule has 1 aliphatic rings. The van der Waals surface area contributed by atoms with Crippen molar-refractivity contribution in [2.24, 2.45) is 5.10 Å². The minimum Gasteiger partial charge on any atom is -0.326 e. The summed E-state index contributed by atoms with van der Waals surface area (Å²) in [5.74, 6) is 2.27. The van der Waals surface area contributed by atoms with Crippen LogP contribution in [0.2, 0.25) is 0 Å². The third-order valence-electron chi connectivity index (χ3n) is 2.88. The van der Waals surface area contributed by atoms with Gasteiger partial charge in [-0.05, 0) is 17.7 Å². The lowest BCUT2D eigenvalue weighted by Crippen LogP contribution is -3.14. The van der Waals surface area contributed by atoms with Crippen molar-refractivity contribution < 1.29 is 9.69 Å². The first-order valence-electron chi connectivity index (χ1n) is 6.23. The van der Waals surface area contributed by atoms with Gasteiger partial charge in [0.1, 0.15) is 0 Å². The maximum absolute atomic E-state index is 11.7. The van der Waals surface area contributed by atoms with Gasteiger partial charge in [-0.3, -0.25) is 4.79 Å². The van der Waals surface area contributed by atoms with Crippen molar-refractivity contribution in [1.29, 1.82) is 0 Å². The number of nitrogens with one attached hydrogen (secondary N) is 2. The lowest BCUT2D eigenvalue weighted by atomic mass is 10.2. The van der Waals surface area contributed by atoms with Gasteiger partial charge in [-0.15, -0.1) is 0 Å². The Bertz CT molecular complexity index is 444. The van der Waals surface area contributed by atoms with E-state index in [1.807, 2.05) is 36.0 Å². The number of thioether (sulfide) groups is 1. The van der Waals surface area contributed by atoms with Gasteiger partial charge in [-0.2, -0.15) is 16.9 Å². The van der Waals surface area contributed by atoms with Crippen LogP contribution in [0.1, 0.15) is 5.56 Å². The zero-order valence-electron chi connectivity index (χ0n) is 10.6. The van der Waals surface area contributed by atoms with Crippen LogP contribution in [0.4, 0.5) is 0 Å². The molecule has 0 radical (unpaired) electrons. The van der Waals surface area contributed by atoms with Crippen LogP contribution in [-0.2, 0) is 4.79 Å². The quantitative estimate of drug-likeness (QED) is 0.619. The Hall–Kier alpha value is -0.850. The topological polar surface area (TPSA) is 45.9 Å². The van der Waals surface area contributed by atoms with E-state index in [1.165, 1.54) is 4.90 Å². The molecule has 0 bridgehead atoms. The van der Waals surface area contributed by atoms with Crippen LogP contribution in [0.3, 0.4) is 0 Å². The second kappa shape index (κ2) is 7.67. The van der Waals surface area contributed by atoms with Crippen LogP contribution in [0.5, 0.6) is 0 Å². The van der Waals surface area contributed by atoms with E-state index >= 15 is 0 Å². The van der Waals surface area contributed by atoms with Gasteiger partial charge in [0.2, 0.25) is 0 Å². The van der Waals surface area contributed by atoms with Crippen molar-refractivity contribution in [2.75, 3.05) is 31.1 Å². The predicted octanol–water partition coefficient (Wildman–Crippen LogP) is 0.531. The van der Waals surface area contributed by atoms with Crippen LogP contribution in [-0.4, -0.2) is 43.3 Å². The molecule has 0 aliphatic carbocycles. The summed E-state index contributed by atoms with van der Waals surface area (Å²) in [5, 5.41) is 3.98. The molecular weight excluding hydrogens is 326 g/mol. The van der Waals surface area contributed by atoms with E-state index in [0.717, 1.165) is 34.6 Å². The van der Waals surface area contributed by atoms with Crippen molar-refractivity contribution >= 4 is 39.8 Å².